The maximum absolute atomic E-state index is 11.7. The van der Waals surface area contributed by atoms with Gasteiger partial charge in [-0.15, -0.1) is 0 Å². The monoisotopic (exact) mass is 432 g/mol. The summed E-state index contributed by atoms with van der Waals surface area (Å²) in [4.78, 5) is 32.1. The highest BCUT2D eigenvalue weighted by molar-refractivity contribution is 6.37. The van der Waals surface area contributed by atoms with Crippen molar-refractivity contribution in [2.75, 3.05) is 24.4 Å². The Labute approximate surface area is 183 Å². The number of hydrogen-bond acceptors (Lipinski definition) is 8. The normalized spacial score (nSPS) is 10.6. The minimum absolute atomic E-state index is 0.136. The van der Waals surface area contributed by atoms with Gasteiger partial charge in [0.1, 0.15) is 5.75 Å². The number of hydrogen-bond donors (Lipinski definition) is 2. The number of aromatic nitrogens is 4. The van der Waals surface area contributed by atoms with Crippen LogP contribution in [-0.2, 0) is 14.3 Å². The van der Waals surface area contributed by atoms with Crippen LogP contribution in [0.1, 0.15) is 6.92 Å². The van der Waals surface area contributed by atoms with E-state index in [1.807, 2.05) is 24.3 Å². The van der Waals surface area contributed by atoms with Crippen molar-refractivity contribution < 1.29 is 19.1 Å². The Kier molecular flexibility index (Phi) is 5.93. The average molecular weight is 432 g/mol. The van der Waals surface area contributed by atoms with E-state index >= 15 is 0 Å². The molecule has 10 heteroatoms. The van der Waals surface area contributed by atoms with Crippen LogP contribution in [0.25, 0.3) is 16.7 Å². The van der Waals surface area contributed by atoms with Crippen molar-refractivity contribution in [3.05, 3.63) is 60.9 Å². The first kappa shape index (κ1) is 20.8. The number of rotatable bonds is 6. The second-order valence-electron chi connectivity index (χ2n) is 6.60. The molecule has 0 fully saturated rings. The SMILES string of the molecule is CCOC(=O)C(=O)Nc1ccc(Nc2ncc3cnn(-c4ccc(OC)cc4)c3n2)cc1. The van der Waals surface area contributed by atoms with Gasteiger partial charge in [0.05, 0.1) is 31.0 Å². The molecule has 2 N–H and O–H groups in total. The summed E-state index contributed by atoms with van der Waals surface area (Å²) in [6.45, 7) is 1.77. The van der Waals surface area contributed by atoms with Gasteiger partial charge in [-0.3, -0.25) is 4.79 Å². The lowest BCUT2D eigenvalue weighted by Crippen LogP contribution is -2.24. The molecule has 4 aromatic rings. The number of fused-ring (bicyclic) bond motifs is 1. The Hall–Kier alpha value is -4.47. The highest BCUT2D eigenvalue weighted by Gasteiger charge is 2.14. The van der Waals surface area contributed by atoms with Crippen LogP contribution in [0.3, 0.4) is 0 Å². The molecule has 0 atom stereocenters. The number of nitrogens with one attached hydrogen (secondary N) is 2. The fourth-order valence-electron chi connectivity index (χ4n) is 2.93. The standard InChI is InChI=1S/C22H20N6O4/c1-3-32-21(30)20(29)25-15-4-6-16(7-5-15)26-22-23-12-14-13-24-28(19(14)27-22)17-8-10-18(31-2)11-9-17/h4-13H,3H2,1-2H3,(H,25,29)(H,23,26,27). The largest absolute Gasteiger partial charge is 0.497 e. The van der Waals surface area contributed by atoms with Crippen LogP contribution in [0.4, 0.5) is 17.3 Å². The molecule has 2 aromatic heterocycles. The number of ether oxygens (including phenoxy) is 2. The Morgan fingerprint density at radius 1 is 1.00 bits per heavy atom. The van der Waals surface area contributed by atoms with E-state index in [2.05, 4.69) is 30.4 Å². The number of amides is 1. The van der Waals surface area contributed by atoms with Gasteiger partial charge in [0, 0.05) is 17.6 Å². The summed E-state index contributed by atoms with van der Waals surface area (Å²) in [5.74, 6) is -0.613. The lowest BCUT2D eigenvalue weighted by atomic mass is 10.3. The number of benzene rings is 2. The topological polar surface area (TPSA) is 120 Å². The maximum Gasteiger partial charge on any atom is 0.397 e. The van der Waals surface area contributed by atoms with Crippen LogP contribution in [0, 0.1) is 0 Å². The fraction of sp³-hybridized carbons (Fsp3) is 0.136. The summed E-state index contributed by atoms with van der Waals surface area (Å²) in [7, 11) is 1.62. The van der Waals surface area contributed by atoms with Gasteiger partial charge in [0.15, 0.2) is 5.65 Å². The Morgan fingerprint density at radius 3 is 2.41 bits per heavy atom. The minimum atomic E-state index is -0.926. The molecule has 0 spiro atoms. The molecule has 2 heterocycles. The van der Waals surface area contributed by atoms with Crippen molar-refractivity contribution in [1.82, 2.24) is 19.7 Å². The van der Waals surface area contributed by atoms with E-state index in [1.54, 1.807) is 55.4 Å². The zero-order valence-corrected chi connectivity index (χ0v) is 17.4. The third-order valence-electron chi connectivity index (χ3n) is 4.49. The predicted octanol–water partition coefficient (Wildman–Crippen LogP) is 3.07. The summed E-state index contributed by atoms with van der Waals surface area (Å²) in [6, 6.07) is 14.3. The molecule has 2 aromatic carbocycles. The third kappa shape index (κ3) is 4.48. The van der Waals surface area contributed by atoms with Crippen molar-refractivity contribution in [3.63, 3.8) is 0 Å². The zero-order chi connectivity index (χ0) is 22.5. The van der Waals surface area contributed by atoms with E-state index < -0.39 is 11.9 Å². The minimum Gasteiger partial charge on any atom is -0.497 e. The first-order chi connectivity index (χ1) is 15.6. The average Bonchev–Trinajstić information content (AvgIpc) is 3.24. The van der Waals surface area contributed by atoms with Gasteiger partial charge in [-0.05, 0) is 55.5 Å². The molecule has 0 saturated heterocycles. The molecule has 0 saturated carbocycles. The van der Waals surface area contributed by atoms with Crippen molar-refractivity contribution in [2.45, 2.75) is 6.92 Å². The maximum atomic E-state index is 11.7. The molecule has 162 valence electrons. The Morgan fingerprint density at radius 2 is 1.72 bits per heavy atom. The summed E-state index contributed by atoms with van der Waals surface area (Å²) >= 11 is 0. The lowest BCUT2D eigenvalue weighted by Gasteiger charge is -2.08. The second kappa shape index (κ2) is 9.13. The molecule has 0 aliphatic carbocycles. The van der Waals surface area contributed by atoms with Gasteiger partial charge in [0.2, 0.25) is 5.95 Å². The summed E-state index contributed by atoms with van der Waals surface area (Å²) in [5, 5.41) is 10.8. The molecule has 10 nitrogen and oxygen atoms in total. The van der Waals surface area contributed by atoms with E-state index in [-0.39, 0.29) is 6.61 Å². The fourth-order valence-corrected chi connectivity index (χ4v) is 2.93. The van der Waals surface area contributed by atoms with Crippen molar-refractivity contribution in [3.8, 4) is 11.4 Å². The van der Waals surface area contributed by atoms with Crippen LogP contribution < -0.4 is 15.4 Å². The molecule has 0 bridgehead atoms. The van der Waals surface area contributed by atoms with E-state index in [4.69, 9.17) is 4.74 Å². The van der Waals surface area contributed by atoms with Crippen molar-refractivity contribution in [2.24, 2.45) is 0 Å². The van der Waals surface area contributed by atoms with Gasteiger partial charge >= 0.3 is 11.9 Å². The molecule has 1 amide bonds. The first-order valence-corrected chi connectivity index (χ1v) is 9.78. The zero-order valence-electron chi connectivity index (χ0n) is 17.4. The highest BCUT2D eigenvalue weighted by Crippen LogP contribution is 2.21. The van der Waals surface area contributed by atoms with E-state index in [0.717, 1.165) is 16.8 Å². The molecule has 0 aliphatic heterocycles. The lowest BCUT2D eigenvalue weighted by molar-refractivity contribution is -0.152. The van der Waals surface area contributed by atoms with Crippen molar-refractivity contribution in [1.29, 1.82) is 0 Å². The van der Waals surface area contributed by atoms with Gasteiger partial charge in [-0.1, -0.05) is 0 Å². The number of esters is 1. The molecule has 0 aliphatic rings. The summed E-state index contributed by atoms with van der Waals surface area (Å²) in [6.07, 6.45) is 3.38. The molecule has 0 radical (unpaired) electrons. The van der Waals surface area contributed by atoms with E-state index in [1.165, 1.54) is 0 Å². The Bertz CT molecular complexity index is 1250. The van der Waals surface area contributed by atoms with Crippen LogP contribution in [0.15, 0.2) is 60.9 Å². The van der Waals surface area contributed by atoms with Crippen molar-refractivity contribution >= 4 is 40.2 Å². The highest BCUT2D eigenvalue weighted by atomic mass is 16.5. The van der Waals surface area contributed by atoms with Crippen LogP contribution in [-0.4, -0.2) is 45.3 Å². The molecular formula is C22H20N6O4. The van der Waals surface area contributed by atoms with Crippen LogP contribution in [0.5, 0.6) is 5.75 Å². The first-order valence-electron chi connectivity index (χ1n) is 9.78. The molecule has 4 rings (SSSR count). The Balaban J connectivity index is 1.50. The van der Waals surface area contributed by atoms with E-state index in [9.17, 15) is 9.59 Å². The summed E-state index contributed by atoms with van der Waals surface area (Å²) < 4.78 is 11.6. The van der Waals surface area contributed by atoms with Crippen LogP contribution in [0.2, 0.25) is 0 Å². The molecular weight excluding hydrogens is 412 g/mol. The number of carbonyl (C=O) groups excluding carboxylic acids is 2. The predicted molar refractivity (Wildman–Crippen MR) is 118 cm³/mol. The second-order valence-corrected chi connectivity index (χ2v) is 6.60. The number of methoxy groups -OCH3 is 1. The third-order valence-corrected chi connectivity index (χ3v) is 4.49. The van der Waals surface area contributed by atoms with Gasteiger partial charge in [-0.25, -0.2) is 14.5 Å². The van der Waals surface area contributed by atoms with Gasteiger partial charge < -0.3 is 20.1 Å². The van der Waals surface area contributed by atoms with E-state index in [0.29, 0.717) is 23.0 Å². The number of anilines is 3. The smallest absolute Gasteiger partial charge is 0.397 e. The number of carbonyl (C=O) groups is 2. The van der Waals surface area contributed by atoms with Crippen LogP contribution >= 0.6 is 0 Å². The van der Waals surface area contributed by atoms with Gasteiger partial charge in [0.25, 0.3) is 0 Å². The number of nitrogens with zero attached hydrogens (tertiary/aromatic N) is 4. The van der Waals surface area contributed by atoms with Gasteiger partial charge in [-0.2, -0.15) is 10.1 Å². The molecule has 32 heavy (non-hydrogen) atoms. The molecule has 0 unspecified atom stereocenters. The quantitative estimate of drug-likeness (QED) is 0.352. The summed E-state index contributed by atoms with van der Waals surface area (Å²) in [5.41, 5.74) is 2.65.